The molecule has 3 nitrogen and oxygen atoms in total. The molecule has 0 saturated carbocycles. The van der Waals surface area contributed by atoms with Crippen molar-refractivity contribution in [3.63, 3.8) is 0 Å². The van der Waals surface area contributed by atoms with Crippen LogP contribution in [0.25, 0.3) is 0 Å². The van der Waals surface area contributed by atoms with Gasteiger partial charge in [0.25, 0.3) is 0 Å². The van der Waals surface area contributed by atoms with Crippen molar-refractivity contribution in [2.45, 2.75) is 0 Å². The van der Waals surface area contributed by atoms with Crippen LogP contribution in [0, 0.1) is 0 Å². The van der Waals surface area contributed by atoms with Crippen LogP contribution >= 0.6 is 45.2 Å². The molecule has 0 aliphatic carbocycles. The molecule has 0 heterocycles. The molecule has 0 N–H and O–H groups in total. The van der Waals surface area contributed by atoms with Crippen molar-refractivity contribution in [1.29, 1.82) is 0 Å². The second-order valence-electron chi connectivity index (χ2n) is 1.41. The molecule has 0 spiro atoms. The monoisotopic (exact) mass is 369 g/mol. The largest absolute Gasteiger partial charge is 0.667 e. The third-order valence-electron chi connectivity index (χ3n) is 0.662. The van der Waals surface area contributed by atoms with Crippen LogP contribution in [0.5, 0.6) is 0 Å². The van der Waals surface area contributed by atoms with Crippen molar-refractivity contribution in [2.75, 3.05) is 22.1 Å². The SMILES string of the molecule is [O]B(OCCI)OCCI. The second-order valence-corrected chi connectivity index (χ2v) is 3.57. The minimum atomic E-state index is -1.29. The van der Waals surface area contributed by atoms with E-state index in [2.05, 4.69) is 45.2 Å². The summed E-state index contributed by atoms with van der Waals surface area (Å²) in [5.41, 5.74) is 0. The lowest BCUT2D eigenvalue weighted by Crippen LogP contribution is -2.22. The fraction of sp³-hybridized carbons (Fsp3) is 1.00. The van der Waals surface area contributed by atoms with Gasteiger partial charge in [0, 0.05) is 22.1 Å². The molecule has 0 aliphatic rings. The first-order valence-electron chi connectivity index (χ1n) is 2.82. The Labute approximate surface area is 88.3 Å². The summed E-state index contributed by atoms with van der Waals surface area (Å²) in [6, 6.07) is 0. The zero-order chi connectivity index (χ0) is 7.82. The molecule has 0 unspecified atom stereocenters. The Morgan fingerprint density at radius 1 is 1.10 bits per heavy atom. The number of hydrogen-bond donors (Lipinski definition) is 0. The molecular weight excluding hydrogens is 361 g/mol. The van der Waals surface area contributed by atoms with Crippen molar-refractivity contribution in [2.24, 2.45) is 0 Å². The zero-order valence-corrected chi connectivity index (χ0v) is 9.70. The summed E-state index contributed by atoms with van der Waals surface area (Å²) >= 11 is 4.28. The molecule has 0 aromatic rings. The zero-order valence-electron chi connectivity index (χ0n) is 5.39. The normalized spacial score (nSPS) is 9.90. The van der Waals surface area contributed by atoms with Gasteiger partial charge in [-0.3, -0.25) is 0 Å². The molecule has 0 aliphatic heterocycles. The van der Waals surface area contributed by atoms with Gasteiger partial charge < -0.3 is 9.31 Å². The van der Waals surface area contributed by atoms with Crippen LogP contribution in [0.1, 0.15) is 0 Å². The summed E-state index contributed by atoms with van der Waals surface area (Å²) in [6.07, 6.45) is 0. The summed E-state index contributed by atoms with van der Waals surface area (Å²) in [4.78, 5) is 0. The fourth-order valence-corrected chi connectivity index (χ4v) is 0.838. The Morgan fingerprint density at radius 3 is 1.80 bits per heavy atom. The van der Waals surface area contributed by atoms with Gasteiger partial charge in [-0.1, -0.05) is 45.2 Å². The lowest BCUT2D eigenvalue weighted by Gasteiger charge is -2.03. The van der Waals surface area contributed by atoms with Crippen LogP contribution in [0.2, 0.25) is 0 Å². The van der Waals surface area contributed by atoms with Crippen molar-refractivity contribution in [1.82, 2.24) is 0 Å². The quantitative estimate of drug-likeness (QED) is 0.403. The van der Waals surface area contributed by atoms with Crippen LogP contribution < -0.4 is 0 Å². The highest BCUT2D eigenvalue weighted by Crippen LogP contribution is 1.90. The Morgan fingerprint density at radius 2 is 1.50 bits per heavy atom. The highest BCUT2D eigenvalue weighted by atomic mass is 127. The first kappa shape index (κ1) is 11.4. The maximum atomic E-state index is 10.6. The number of hydrogen-bond acceptors (Lipinski definition) is 2. The van der Waals surface area contributed by atoms with Gasteiger partial charge >= 0.3 is 7.32 Å². The summed E-state index contributed by atoms with van der Waals surface area (Å²) in [7, 11) is -1.29. The van der Waals surface area contributed by atoms with Crippen molar-refractivity contribution >= 4 is 52.5 Å². The van der Waals surface area contributed by atoms with E-state index in [1.165, 1.54) is 0 Å². The number of alkyl halides is 2. The average Bonchev–Trinajstić information content (AvgIpc) is 1.97. The molecule has 0 saturated heterocycles. The van der Waals surface area contributed by atoms with E-state index >= 15 is 0 Å². The third-order valence-corrected chi connectivity index (χ3v) is 1.54. The van der Waals surface area contributed by atoms with Crippen LogP contribution in [-0.4, -0.2) is 29.4 Å². The summed E-state index contributed by atoms with van der Waals surface area (Å²) in [5, 5.41) is 10.6. The van der Waals surface area contributed by atoms with Gasteiger partial charge in [-0.25, -0.2) is 5.02 Å². The molecule has 0 atom stereocenters. The van der Waals surface area contributed by atoms with Crippen molar-refractivity contribution in [3.8, 4) is 0 Å². The summed E-state index contributed by atoms with van der Waals surface area (Å²) in [5.74, 6) is 0. The van der Waals surface area contributed by atoms with Crippen LogP contribution in [0.3, 0.4) is 0 Å². The minimum absolute atomic E-state index is 0.468. The lowest BCUT2D eigenvalue weighted by molar-refractivity contribution is 0.123. The van der Waals surface area contributed by atoms with E-state index in [0.717, 1.165) is 8.86 Å². The standard InChI is InChI=1S/C4H8BI2O3/c6-1-3-9-5(8)10-4-2-7/h1-4H2. The molecule has 0 aromatic heterocycles. The molecule has 1 radical (unpaired) electrons. The summed E-state index contributed by atoms with van der Waals surface area (Å²) < 4.78 is 11.1. The van der Waals surface area contributed by atoms with E-state index in [-0.39, 0.29) is 0 Å². The molecule has 0 aromatic carbocycles. The van der Waals surface area contributed by atoms with Crippen LogP contribution in [0.15, 0.2) is 0 Å². The lowest BCUT2D eigenvalue weighted by atomic mass is 10.2. The van der Waals surface area contributed by atoms with Gasteiger partial charge in [0.1, 0.15) is 0 Å². The number of halogens is 2. The molecule has 0 amide bonds. The molecule has 0 rings (SSSR count). The summed E-state index contributed by atoms with van der Waals surface area (Å²) in [6.45, 7) is 0.936. The maximum Gasteiger partial charge on any atom is 0.667 e. The Kier molecular flexibility index (Phi) is 9.70. The molecule has 6 heteroatoms. The second kappa shape index (κ2) is 8.50. The predicted octanol–water partition coefficient (Wildman–Crippen LogP) is 1.30. The molecule has 0 bridgehead atoms. The van der Waals surface area contributed by atoms with Crippen LogP contribution in [0.4, 0.5) is 0 Å². The molecule has 59 valence electrons. The highest BCUT2D eigenvalue weighted by molar-refractivity contribution is 14.1. The average molecular weight is 369 g/mol. The van der Waals surface area contributed by atoms with E-state index in [9.17, 15) is 5.02 Å². The van der Waals surface area contributed by atoms with Gasteiger partial charge in [0.2, 0.25) is 0 Å². The van der Waals surface area contributed by atoms with E-state index in [0.29, 0.717) is 13.2 Å². The number of rotatable bonds is 6. The smallest absolute Gasteiger partial charge is 0.384 e. The van der Waals surface area contributed by atoms with Gasteiger partial charge in [0.15, 0.2) is 0 Å². The Balaban J connectivity index is 3.00. The fourth-order valence-electron chi connectivity index (χ4n) is 0.330. The van der Waals surface area contributed by atoms with Crippen molar-refractivity contribution < 1.29 is 14.3 Å². The first-order chi connectivity index (χ1) is 4.81. The van der Waals surface area contributed by atoms with Crippen LogP contribution in [-0.2, 0) is 14.3 Å². The maximum absolute atomic E-state index is 10.6. The van der Waals surface area contributed by atoms with E-state index < -0.39 is 7.32 Å². The molecular formula is C4H8BI2O3. The minimum Gasteiger partial charge on any atom is -0.384 e. The Hall–Kier alpha value is 1.40. The van der Waals surface area contributed by atoms with E-state index in [1.807, 2.05) is 0 Å². The molecule has 10 heavy (non-hydrogen) atoms. The third kappa shape index (κ3) is 7.51. The topological polar surface area (TPSA) is 38.4 Å². The predicted molar refractivity (Wildman–Crippen MR) is 56.1 cm³/mol. The van der Waals surface area contributed by atoms with Gasteiger partial charge in [-0.15, -0.1) is 0 Å². The van der Waals surface area contributed by atoms with Gasteiger partial charge in [-0.2, -0.15) is 0 Å². The van der Waals surface area contributed by atoms with Crippen molar-refractivity contribution in [3.05, 3.63) is 0 Å². The molecule has 0 fully saturated rings. The van der Waals surface area contributed by atoms with Gasteiger partial charge in [-0.05, 0) is 0 Å². The van der Waals surface area contributed by atoms with E-state index in [4.69, 9.17) is 9.31 Å². The van der Waals surface area contributed by atoms with Gasteiger partial charge in [0.05, 0.1) is 0 Å². The first-order valence-corrected chi connectivity index (χ1v) is 5.87. The highest BCUT2D eigenvalue weighted by Gasteiger charge is 2.16. The Bertz CT molecular complexity index is 67.5. The van der Waals surface area contributed by atoms with E-state index in [1.54, 1.807) is 0 Å².